The first kappa shape index (κ1) is 12.3. The molecule has 94 valence electrons. The highest BCUT2D eigenvalue weighted by Crippen LogP contribution is 2.21. The van der Waals surface area contributed by atoms with Crippen molar-refractivity contribution in [3.05, 3.63) is 23.5 Å². The van der Waals surface area contributed by atoms with Crippen LogP contribution in [-0.4, -0.2) is 31.9 Å². The second-order valence-electron chi connectivity index (χ2n) is 4.50. The van der Waals surface area contributed by atoms with Crippen molar-refractivity contribution >= 4 is 0 Å². The molecule has 1 aromatic rings. The van der Waals surface area contributed by atoms with Crippen LogP contribution in [0.1, 0.15) is 17.7 Å². The van der Waals surface area contributed by atoms with Gasteiger partial charge in [-0.2, -0.15) is 0 Å². The Labute approximate surface area is 102 Å². The number of nitrogens with one attached hydrogen (secondary N) is 1. The zero-order valence-corrected chi connectivity index (χ0v) is 10.5. The molecule has 0 spiro atoms. The summed E-state index contributed by atoms with van der Waals surface area (Å²) in [4.78, 5) is 4.29. The minimum Gasteiger partial charge on any atom is -0.493 e. The van der Waals surface area contributed by atoms with Gasteiger partial charge in [-0.25, -0.2) is 0 Å². The van der Waals surface area contributed by atoms with Crippen molar-refractivity contribution in [2.45, 2.75) is 19.9 Å². The Bertz CT molecular complexity index is 362. The molecule has 1 aromatic heterocycles. The number of pyridine rings is 1. The maximum absolute atomic E-state index is 5.89. The van der Waals surface area contributed by atoms with E-state index in [9.17, 15) is 0 Å². The fourth-order valence-electron chi connectivity index (χ4n) is 1.94. The number of nitrogens with zero attached hydrogens (tertiary/aromatic N) is 1. The first-order valence-corrected chi connectivity index (χ1v) is 6.10. The molecule has 4 heteroatoms. The molecule has 1 fully saturated rings. The van der Waals surface area contributed by atoms with Crippen LogP contribution < -0.4 is 10.1 Å². The van der Waals surface area contributed by atoms with E-state index in [-0.39, 0.29) is 0 Å². The molecule has 0 radical (unpaired) electrons. The van der Waals surface area contributed by atoms with Crippen molar-refractivity contribution in [3.63, 3.8) is 0 Å². The summed E-state index contributed by atoms with van der Waals surface area (Å²) in [5.41, 5.74) is 2.10. The van der Waals surface area contributed by atoms with Gasteiger partial charge in [0.1, 0.15) is 5.75 Å². The van der Waals surface area contributed by atoms with Crippen molar-refractivity contribution in [2.75, 3.05) is 26.9 Å². The van der Waals surface area contributed by atoms with Gasteiger partial charge in [0, 0.05) is 42.6 Å². The predicted octanol–water partition coefficient (Wildman–Crippen LogP) is 1.52. The van der Waals surface area contributed by atoms with E-state index in [1.165, 1.54) is 0 Å². The van der Waals surface area contributed by atoms with Crippen LogP contribution in [0.2, 0.25) is 0 Å². The first-order valence-electron chi connectivity index (χ1n) is 6.10. The smallest absolute Gasteiger partial charge is 0.127 e. The number of aryl methyl sites for hydroxylation is 1. The molecule has 17 heavy (non-hydrogen) atoms. The van der Waals surface area contributed by atoms with Gasteiger partial charge in [-0.3, -0.25) is 4.98 Å². The van der Waals surface area contributed by atoms with E-state index >= 15 is 0 Å². The molecule has 0 aliphatic carbocycles. The van der Waals surface area contributed by atoms with Crippen LogP contribution in [0.25, 0.3) is 0 Å². The molecule has 1 saturated heterocycles. The van der Waals surface area contributed by atoms with Crippen LogP contribution in [-0.2, 0) is 11.3 Å². The lowest BCUT2D eigenvalue weighted by atomic mass is 10.1. The molecule has 0 saturated carbocycles. The maximum atomic E-state index is 5.89. The highest BCUT2D eigenvalue weighted by Gasteiger charge is 2.17. The second-order valence-corrected chi connectivity index (χ2v) is 4.50. The normalized spacial score (nSPS) is 19.5. The highest BCUT2D eigenvalue weighted by molar-refractivity contribution is 5.32. The largest absolute Gasteiger partial charge is 0.493 e. The van der Waals surface area contributed by atoms with Crippen molar-refractivity contribution < 1.29 is 9.47 Å². The van der Waals surface area contributed by atoms with Crippen molar-refractivity contribution in [3.8, 4) is 5.75 Å². The molecule has 1 aliphatic heterocycles. The lowest BCUT2D eigenvalue weighted by Crippen LogP contribution is -2.14. The summed E-state index contributed by atoms with van der Waals surface area (Å²) in [5.74, 6) is 1.48. The summed E-state index contributed by atoms with van der Waals surface area (Å²) in [5, 5.41) is 3.13. The average molecular weight is 236 g/mol. The topological polar surface area (TPSA) is 43.4 Å². The minimum atomic E-state index is 0.533. The lowest BCUT2D eigenvalue weighted by Gasteiger charge is -2.14. The zero-order valence-electron chi connectivity index (χ0n) is 10.5. The van der Waals surface area contributed by atoms with Crippen molar-refractivity contribution in [2.24, 2.45) is 5.92 Å². The van der Waals surface area contributed by atoms with E-state index in [2.05, 4.69) is 10.3 Å². The predicted molar refractivity (Wildman–Crippen MR) is 66.2 cm³/mol. The van der Waals surface area contributed by atoms with Gasteiger partial charge in [-0.1, -0.05) is 0 Å². The second kappa shape index (κ2) is 5.98. The van der Waals surface area contributed by atoms with Crippen LogP contribution in [0.3, 0.4) is 0 Å². The number of rotatable bonds is 5. The Hall–Kier alpha value is -1.13. The van der Waals surface area contributed by atoms with E-state index in [0.717, 1.165) is 49.8 Å². The van der Waals surface area contributed by atoms with Gasteiger partial charge in [-0.05, 0) is 20.4 Å². The Morgan fingerprint density at radius 3 is 3.18 bits per heavy atom. The van der Waals surface area contributed by atoms with E-state index in [1.807, 2.05) is 26.2 Å². The quantitative estimate of drug-likeness (QED) is 0.842. The molecule has 0 bridgehead atoms. The molecular formula is C13H20N2O2. The summed E-state index contributed by atoms with van der Waals surface area (Å²) in [6.45, 7) is 5.19. The molecule has 0 amide bonds. The van der Waals surface area contributed by atoms with E-state index < -0.39 is 0 Å². The SMILES string of the molecule is CNCc1cnc(C)cc1OCC1CCOC1. The molecule has 0 aromatic carbocycles. The van der Waals surface area contributed by atoms with Gasteiger partial charge in [0.2, 0.25) is 0 Å². The van der Waals surface area contributed by atoms with Crippen LogP contribution in [0, 0.1) is 12.8 Å². The average Bonchev–Trinajstić information content (AvgIpc) is 2.82. The maximum Gasteiger partial charge on any atom is 0.127 e. The summed E-state index contributed by atoms with van der Waals surface area (Å²) in [6.07, 6.45) is 2.98. The van der Waals surface area contributed by atoms with Gasteiger partial charge < -0.3 is 14.8 Å². The molecule has 1 unspecified atom stereocenters. The Morgan fingerprint density at radius 2 is 2.47 bits per heavy atom. The van der Waals surface area contributed by atoms with Gasteiger partial charge in [0.05, 0.1) is 13.2 Å². The number of aromatic nitrogens is 1. The van der Waals surface area contributed by atoms with Crippen LogP contribution in [0.4, 0.5) is 0 Å². The summed E-state index contributed by atoms with van der Waals surface area (Å²) in [7, 11) is 1.93. The summed E-state index contributed by atoms with van der Waals surface area (Å²) < 4.78 is 11.2. The Morgan fingerprint density at radius 1 is 1.59 bits per heavy atom. The summed E-state index contributed by atoms with van der Waals surface area (Å²) >= 11 is 0. The molecular weight excluding hydrogens is 216 g/mol. The van der Waals surface area contributed by atoms with Crippen LogP contribution in [0.15, 0.2) is 12.3 Å². The third-order valence-corrected chi connectivity index (χ3v) is 2.95. The van der Waals surface area contributed by atoms with Crippen LogP contribution >= 0.6 is 0 Å². The van der Waals surface area contributed by atoms with Crippen molar-refractivity contribution in [1.29, 1.82) is 0 Å². The molecule has 2 heterocycles. The zero-order chi connectivity index (χ0) is 12.1. The van der Waals surface area contributed by atoms with Gasteiger partial charge in [0.25, 0.3) is 0 Å². The standard InChI is InChI=1S/C13H20N2O2/c1-10-5-13(12(6-14-2)7-15-10)17-9-11-3-4-16-8-11/h5,7,11,14H,3-4,6,8-9H2,1-2H3. The van der Waals surface area contributed by atoms with E-state index in [1.54, 1.807) is 0 Å². The van der Waals surface area contributed by atoms with E-state index in [4.69, 9.17) is 9.47 Å². The molecule has 4 nitrogen and oxygen atoms in total. The minimum absolute atomic E-state index is 0.533. The lowest BCUT2D eigenvalue weighted by molar-refractivity contribution is 0.166. The fourth-order valence-corrected chi connectivity index (χ4v) is 1.94. The number of hydrogen-bond acceptors (Lipinski definition) is 4. The fraction of sp³-hybridized carbons (Fsp3) is 0.615. The van der Waals surface area contributed by atoms with Crippen molar-refractivity contribution in [1.82, 2.24) is 10.3 Å². The van der Waals surface area contributed by atoms with Gasteiger partial charge in [0.15, 0.2) is 0 Å². The molecule has 1 aliphatic rings. The third kappa shape index (κ3) is 3.41. The van der Waals surface area contributed by atoms with E-state index in [0.29, 0.717) is 5.92 Å². The molecule has 1 atom stereocenters. The Kier molecular flexibility index (Phi) is 4.34. The third-order valence-electron chi connectivity index (χ3n) is 2.95. The monoisotopic (exact) mass is 236 g/mol. The summed E-state index contributed by atoms with van der Waals surface area (Å²) in [6, 6.07) is 2.00. The van der Waals surface area contributed by atoms with Gasteiger partial charge in [-0.15, -0.1) is 0 Å². The first-order chi connectivity index (χ1) is 8.29. The highest BCUT2D eigenvalue weighted by atomic mass is 16.5. The number of ether oxygens (including phenoxy) is 2. The van der Waals surface area contributed by atoms with Crippen LogP contribution in [0.5, 0.6) is 5.75 Å². The molecule has 2 rings (SSSR count). The Balaban J connectivity index is 1.99. The number of hydrogen-bond donors (Lipinski definition) is 1. The molecule has 1 N–H and O–H groups in total. The van der Waals surface area contributed by atoms with Gasteiger partial charge >= 0.3 is 0 Å².